The quantitative estimate of drug-likeness (QED) is 0.673. The van der Waals surface area contributed by atoms with Gasteiger partial charge in [-0.2, -0.15) is 0 Å². The Hall–Kier alpha value is -1.40. The largest absolute Gasteiger partial charge is 0.489 e. The van der Waals surface area contributed by atoms with Crippen molar-refractivity contribution < 1.29 is 4.74 Å². The van der Waals surface area contributed by atoms with Gasteiger partial charge in [0.1, 0.15) is 12.4 Å². The Bertz CT molecular complexity index is 751. The number of halogens is 1. The average Bonchev–Trinajstić information content (AvgIpc) is 3.32. The van der Waals surface area contributed by atoms with Crippen molar-refractivity contribution in [1.82, 2.24) is 10.2 Å². The number of hydrogen-bond acceptors (Lipinski definition) is 4. The van der Waals surface area contributed by atoms with Crippen molar-refractivity contribution in [1.29, 1.82) is 0 Å². The van der Waals surface area contributed by atoms with Gasteiger partial charge in [-0.1, -0.05) is 40.2 Å². The van der Waals surface area contributed by atoms with E-state index in [1.54, 1.807) is 0 Å². The first-order valence-corrected chi connectivity index (χ1v) is 10.7. The highest BCUT2D eigenvalue weighted by atomic mass is 79.9. The summed E-state index contributed by atoms with van der Waals surface area (Å²) in [5.41, 5.74) is 8.54. The summed E-state index contributed by atoms with van der Waals surface area (Å²) in [5, 5.41) is 3.70. The van der Waals surface area contributed by atoms with E-state index in [4.69, 9.17) is 10.5 Å². The van der Waals surface area contributed by atoms with Crippen LogP contribution in [0, 0.1) is 0 Å². The third kappa shape index (κ3) is 5.32. The Morgan fingerprint density at radius 1 is 1.19 bits per heavy atom. The SMILES string of the molecule is N[C@@H]1CCN(CCNC2CC2c2ccc(OCc3cccc(Br)c3)cc2)C1. The van der Waals surface area contributed by atoms with E-state index in [1.165, 1.54) is 17.5 Å². The number of nitrogens with one attached hydrogen (secondary N) is 1. The lowest BCUT2D eigenvalue weighted by Crippen LogP contribution is -2.33. The maximum Gasteiger partial charge on any atom is 0.119 e. The van der Waals surface area contributed by atoms with Gasteiger partial charge in [0.2, 0.25) is 0 Å². The molecular weight excluding hydrogens is 402 g/mol. The zero-order chi connectivity index (χ0) is 18.6. The molecule has 4 nitrogen and oxygen atoms in total. The van der Waals surface area contributed by atoms with Gasteiger partial charge in [0, 0.05) is 42.1 Å². The van der Waals surface area contributed by atoms with Gasteiger partial charge >= 0.3 is 0 Å². The molecule has 2 aliphatic rings. The number of benzene rings is 2. The molecule has 2 aromatic carbocycles. The molecule has 3 atom stereocenters. The van der Waals surface area contributed by atoms with Gasteiger partial charge in [-0.25, -0.2) is 0 Å². The number of rotatable bonds is 8. The van der Waals surface area contributed by atoms with Gasteiger partial charge in [0.25, 0.3) is 0 Å². The second kappa shape index (κ2) is 8.74. The van der Waals surface area contributed by atoms with Crippen LogP contribution < -0.4 is 15.8 Å². The number of nitrogens with zero attached hydrogens (tertiary/aromatic N) is 1. The Kier molecular flexibility index (Phi) is 6.13. The average molecular weight is 430 g/mol. The van der Waals surface area contributed by atoms with Gasteiger partial charge in [0.15, 0.2) is 0 Å². The zero-order valence-electron chi connectivity index (χ0n) is 15.6. The lowest BCUT2D eigenvalue weighted by atomic mass is 10.1. The van der Waals surface area contributed by atoms with E-state index in [0.29, 0.717) is 24.6 Å². The molecule has 0 radical (unpaired) electrons. The normalized spacial score (nSPS) is 24.9. The highest BCUT2D eigenvalue weighted by Crippen LogP contribution is 2.41. The molecule has 1 saturated heterocycles. The maximum absolute atomic E-state index is 5.97. The summed E-state index contributed by atoms with van der Waals surface area (Å²) in [6.45, 7) is 4.96. The Labute approximate surface area is 170 Å². The van der Waals surface area contributed by atoms with Crippen molar-refractivity contribution in [3.8, 4) is 5.75 Å². The van der Waals surface area contributed by atoms with Crippen LogP contribution >= 0.6 is 15.9 Å². The molecule has 0 amide bonds. The minimum Gasteiger partial charge on any atom is -0.489 e. The van der Waals surface area contributed by atoms with Crippen LogP contribution in [-0.4, -0.2) is 43.2 Å². The van der Waals surface area contributed by atoms with Gasteiger partial charge in [-0.15, -0.1) is 0 Å². The summed E-state index contributed by atoms with van der Waals surface area (Å²) in [6, 6.07) is 17.8. The molecule has 1 aliphatic heterocycles. The van der Waals surface area contributed by atoms with E-state index < -0.39 is 0 Å². The second-order valence-electron chi connectivity index (χ2n) is 7.74. The van der Waals surface area contributed by atoms with Crippen LogP contribution in [0.1, 0.15) is 29.9 Å². The third-order valence-corrected chi connectivity index (χ3v) is 6.03. The first kappa shape index (κ1) is 18.9. The topological polar surface area (TPSA) is 50.5 Å². The Morgan fingerprint density at radius 3 is 2.78 bits per heavy atom. The highest BCUT2D eigenvalue weighted by molar-refractivity contribution is 9.10. The minimum atomic E-state index is 0.378. The monoisotopic (exact) mass is 429 g/mol. The molecule has 1 saturated carbocycles. The summed E-state index contributed by atoms with van der Waals surface area (Å²) in [4.78, 5) is 2.46. The van der Waals surface area contributed by atoms with E-state index in [1.807, 2.05) is 12.1 Å². The molecule has 144 valence electrons. The predicted molar refractivity (Wildman–Crippen MR) is 113 cm³/mol. The third-order valence-electron chi connectivity index (χ3n) is 5.54. The van der Waals surface area contributed by atoms with E-state index in [-0.39, 0.29) is 0 Å². The molecule has 0 aromatic heterocycles. The molecule has 5 heteroatoms. The summed E-state index contributed by atoms with van der Waals surface area (Å²) in [7, 11) is 0. The number of nitrogens with two attached hydrogens (primary N) is 1. The molecule has 3 N–H and O–H groups in total. The molecule has 0 bridgehead atoms. The van der Waals surface area contributed by atoms with Crippen LogP contribution in [0.4, 0.5) is 0 Å². The summed E-state index contributed by atoms with van der Waals surface area (Å²) < 4.78 is 6.99. The molecule has 2 aromatic rings. The summed E-state index contributed by atoms with van der Waals surface area (Å²) >= 11 is 3.50. The predicted octanol–water partition coefficient (Wildman–Crippen LogP) is 3.51. The minimum absolute atomic E-state index is 0.378. The molecule has 2 fully saturated rings. The van der Waals surface area contributed by atoms with E-state index in [9.17, 15) is 0 Å². The molecule has 4 rings (SSSR count). The maximum atomic E-state index is 5.97. The van der Waals surface area contributed by atoms with Gasteiger partial charge in [0.05, 0.1) is 0 Å². The van der Waals surface area contributed by atoms with Gasteiger partial charge in [-0.05, 0) is 54.8 Å². The van der Waals surface area contributed by atoms with Crippen LogP contribution in [0.15, 0.2) is 53.0 Å². The van der Waals surface area contributed by atoms with Crippen LogP contribution in [0.25, 0.3) is 0 Å². The Morgan fingerprint density at radius 2 is 2.04 bits per heavy atom. The van der Waals surface area contributed by atoms with E-state index in [2.05, 4.69) is 62.5 Å². The molecule has 0 spiro atoms. The number of hydrogen-bond donors (Lipinski definition) is 2. The van der Waals surface area contributed by atoms with Crippen molar-refractivity contribution >= 4 is 15.9 Å². The molecule has 2 unspecified atom stereocenters. The molecule has 27 heavy (non-hydrogen) atoms. The van der Waals surface area contributed by atoms with Crippen LogP contribution in [0.2, 0.25) is 0 Å². The van der Waals surface area contributed by atoms with Crippen molar-refractivity contribution in [3.63, 3.8) is 0 Å². The van der Waals surface area contributed by atoms with Crippen molar-refractivity contribution in [3.05, 3.63) is 64.1 Å². The number of ether oxygens (including phenoxy) is 1. The molecule has 1 aliphatic carbocycles. The summed E-state index contributed by atoms with van der Waals surface area (Å²) in [5.74, 6) is 1.57. The van der Waals surface area contributed by atoms with Gasteiger partial charge in [-0.3, -0.25) is 0 Å². The van der Waals surface area contributed by atoms with Gasteiger partial charge < -0.3 is 20.7 Å². The van der Waals surface area contributed by atoms with Crippen molar-refractivity contribution in [2.45, 2.75) is 37.5 Å². The fraction of sp³-hybridized carbons (Fsp3) is 0.455. The van der Waals surface area contributed by atoms with Crippen molar-refractivity contribution in [2.24, 2.45) is 5.73 Å². The van der Waals surface area contributed by atoms with E-state index in [0.717, 1.165) is 42.8 Å². The fourth-order valence-corrected chi connectivity index (χ4v) is 4.31. The Balaban J connectivity index is 1.19. The van der Waals surface area contributed by atoms with Crippen LogP contribution in [-0.2, 0) is 6.61 Å². The summed E-state index contributed by atoms with van der Waals surface area (Å²) in [6.07, 6.45) is 2.37. The van der Waals surface area contributed by atoms with Crippen LogP contribution in [0.5, 0.6) is 5.75 Å². The van der Waals surface area contributed by atoms with E-state index >= 15 is 0 Å². The highest BCUT2D eigenvalue weighted by Gasteiger charge is 2.37. The van der Waals surface area contributed by atoms with Crippen LogP contribution in [0.3, 0.4) is 0 Å². The molecular formula is C22H28BrN3O. The molecule has 1 heterocycles. The zero-order valence-corrected chi connectivity index (χ0v) is 17.2. The first-order chi connectivity index (χ1) is 13.2. The lowest BCUT2D eigenvalue weighted by molar-refractivity contribution is 0.306. The number of likely N-dealkylation sites (tertiary alicyclic amines) is 1. The second-order valence-corrected chi connectivity index (χ2v) is 8.66. The lowest BCUT2D eigenvalue weighted by Gasteiger charge is -2.15. The first-order valence-electron chi connectivity index (χ1n) is 9.86. The smallest absolute Gasteiger partial charge is 0.119 e. The standard InChI is InChI=1S/C22H28BrN3O/c23-18-3-1-2-16(12-18)15-27-20-6-4-17(5-7-20)21-13-22(21)25-9-11-26-10-8-19(24)14-26/h1-7,12,19,21-22,25H,8-11,13-15,24H2/t19-,21?,22?/m1/s1. The van der Waals surface area contributed by atoms with Crippen molar-refractivity contribution in [2.75, 3.05) is 26.2 Å². The fourth-order valence-electron chi connectivity index (χ4n) is 3.87.